The number of hydrogen-bond acceptors (Lipinski definition) is 1. The highest BCUT2D eigenvalue weighted by Gasteiger charge is 2.22. The Hall–Kier alpha value is -2.35. The normalized spacial score (nSPS) is 15.4. The summed E-state index contributed by atoms with van der Waals surface area (Å²) < 4.78 is 0. The van der Waals surface area contributed by atoms with Gasteiger partial charge in [-0.25, -0.2) is 0 Å². The summed E-state index contributed by atoms with van der Waals surface area (Å²) in [7, 11) is 0. The van der Waals surface area contributed by atoms with E-state index in [2.05, 4.69) is 36.5 Å². The van der Waals surface area contributed by atoms with Crippen molar-refractivity contribution >= 4 is 23.2 Å². The molecule has 0 aliphatic carbocycles. The first-order valence-electron chi connectivity index (χ1n) is 6.49. The molecule has 1 aliphatic heterocycles. The summed E-state index contributed by atoms with van der Waals surface area (Å²) in [4.78, 5) is 12.0. The third kappa shape index (κ3) is 2.17. The van der Waals surface area contributed by atoms with Gasteiger partial charge in [0.25, 0.3) is 5.91 Å². The van der Waals surface area contributed by atoms with Crippen molar-refractivity contribution in [3.63, 3.8) is 0 Å². The molecule has 0 atom stereocenters. The van der Waals surface area contributed by atoms with Crippen LogP contribution in [0.1, 0.15) is 23.6 Å². The summed E-state index contributed by atoms with van der Waals surface area (Å²) >= 11 is 0. The van der Waals surface area contributed by atoms with E-state index >= 15 is 0 Å². The number of fused-ring (bicyclic) bond motifs is 1. The minimum atomic E-state index is -0.0271. The van der Waals surface area contributed by atoms with Crippen molar-refractivity contribution in [1.29, 1.82) is 0 Å². The van der Waals surface area contributed by atoms with Crippen LogP contribution in [0, 0.1) is 0 Å². The number of anilines is 1. The molecule has 1 amide bonds. The lowest BCUT2D eigenvalue weighted by Gasteiger charge is -2.00. The van der Waals surface area contributed by atoms with Gasteiger partial charge in [0.2, 0.25) is 0 Å². The molecule has 0 fully saturated rings. The van der Waals surface area contributed by atoms with Gasteiger partial charge >= 0.3 is 0 Å². The molecule has 94 valence electrons. The van der Waals surface area contributed by atoms with Crippen molar-refractivity contribution in [1.82, 2.24) is 0 Å². The van der Waals surface area contributed by atoms with Gasteiger partial charge in [-0.2, -0.15) is 0 Å². The number of para-hydroxylation sites is 1. The number of rotatable bonds is 2. The van der Waals surface area contributed by atoms with E-state index in [-0.39, 0.29) is 5.91 Å². The Morgan fingerprint density at radius 1 is 1.05 bits per heavy atom. The van der Waals surface area contributed by atoms with Gasteiger partial charge in [-0.05, 0) is 29.7 Å². The van der Waals surface area contributed by atoms with Crippen molar-refractivity contribution in [3.8, 4) is 0 Å². The maximum atomic E-state index is 12.0. The van der Waals surface area contributed by atoms with Crippen LogP contribution >= 0.6 is 0 Å². The monoisotopic (exact) mass is 249 g/mol. The second-order valence-electron chi connectivity index (χ2n) is 4.65. The number of carbonyl (C=O) groups is 1. The van der Waals surface area contributed by atoms with Gasteiger partial charge in [-0.1, -0.05) is 49.4 Å². The van der Waals surface area contributed by atoms with Crippen LogP contribution < -0.4 is 5.32 Å². The molecule has 0 radical (unpaired) electrons. The number of aryl methyl sites for hydroxylation is 1. The number of hydrogen-bond donors (Lipinski definition) is 1. The van der Waals surface area contributed by atoms with Crippen LogP contribution in [0.5, 0.6) is 0 Å². The van der Waals surface area contributed by atoms with Crippen molar-refractivity contribution in [2.24, 2.45) is 0 Å². The van der Waals surface area contributed by atoms with Crippen LogP contribution in [0.4, 0.5) is 5.69 Å². The highest BCUT2D eigenvalue weighted by atomic mass is 16.1. The molecule has 19 heavy (non-hydrogen) atoms. The lowest BCUT2D eigenvalue weighted by atomic mass is 10.0. The molecule has 2 aromatic rings. The molecule has 0 aromatic heterocycles. The third-order valence-corrected chi connectivity index (χ3v) is 3.41. The fourth-order valence-electron chi connectivity index (χ4n) is 2.30. The Balaban J connectivity index is 2.01. The standard InChI is InChI=1S/C17H15NO/c1-2-12-7-9-13(10-8-12)11-15-14-5-3-4-6-16(14)18-17(15)19/h3-11H,2H2,1H3,(H,18,19). The number of benzene rings is 2. The molecular formula is C17H15NO. The molecule has 3 rings (SSSR count). The number of carbonyl (C=O) groups excluding carboxylic acids is 1. The molecule has 0 spiro atoms. The average Bonchev–Trinajstić information content (AvgIpc) is 2.76. The summed E-state index contributed by atoms with van der Waals surface area (Å²) in [5.74, 6) is -0.0271. The molecule has 0 saturated heterocycles. The maximum absolute atomic E-state index is 12.0. The molecule has 1 aliphatic rings. The van der Waals surface area contributed by atoms with E-state index in [9.17, 15) is 4.79 Å². The summed E-state index contributed by atoms with van der Waals surface area (Å²) in [6.45, 7) is 2.13. The molecule has 0 unspecified atom stereocenters. The summed E-state index contributed by atoms with van der Waals surface area (Å²) in [6, 6.07) is 16.1. The van der Waals surface area contributed by atoms with Crippen LogP contribution in [-0.4, -0.2) is 5.91 Å². The predicted molar refractivity (Wildman–Crippen MR) is 78.8 cm³/mol. The van der Waals surface area contributed by atoms with E-state index in [0.29, 0.717) is 0 Å². The Labute approximate surface area is 112 Å². The Morgan fingerprint density at radius 2 is 1.79 bits per heavy atom. The topological polar surface area (TPSA) is 29.1 Å². The molecule has 2 aromatic carbocycles. The molecule has 0 saturated carbocycles. The lowest BCUT2D eigenvalue weighted by molar-refractivity contribution is -0.110. The SMILES string of the molecule is CCc1ccc(C=C2C(=O)Nc3ccccc32)cc1. The zero-order valence-corrected chi connectivity index (χ0v) is 10.8. The van der Waals surface area contributed by atoms with Gasteiger partial charge in [0.1, 0.15) is 0 Å². The van der Waals surface area contributed by atoms with Crippen molar-refractivity contribution in [2.75, 3.05) is 5.32 Å². The molecule has 1 heterocycles. The summed E-state index contributed by atoms with van der Waals surface area (Å²) in [5.41, 5.74) is 4.97. The van der Waals surface area contributed by atoms with Crippen LogP contribution in [0.2, 0.25) is 0 Å². The van der Waals surface area contributed by atoms with E-state index < -0.39 is 0 Å². The van der Waals surface area contributed by atoms with Crippen molar-refractivity contribution < 1.29 is 4.79 Å². The van der Waals surface area contributed by atoms with Crippen LogP contribution in [0.3, 0.4) is 0 Å². The second-order valence-corrected chi connectivity index (χ2v) is 4.65. The molecule has 1 N–H and O–H groups in total. The molecule has 2 nitrogen and oxygen atoms in total. The van der Waals surface area contributed by atoms with Gasteiger partial charge in [0, 0.05) is 16.8 Å². The molecule has 0 bridgehead atoms. The zero-order valence-electron chi connectivity index (χ0n) is 10.8. The maximum Gasteiger partial charge on any atom is 0.256 e. The van der Waals surface area contributed by atoms with Gasteiger partial charge < -0.3 is 5.32 Å². The number of amides is 1. The van der Waals surface area contributed by atoms with E-state index in [1.54, 1.807) is 0 Å². The third-order valence-electron chi connectivity index (χ3n) is 3.41. The van der Waals surface area contributed by atoms with Crippen molar-refractivity contribution in [3.05, 3.63) is 65.2 Å². The Bertz CT molecular complexity index is 653. The quantitative estimate of drug-likeness (QED) is 0.807. The largest absolute Gasteiger partial charge is 0.321 e. The molecule has 2 heteroatoms. The van der Waals surface area contributed by atoms with Gasteiger partial charge in [-0.3, -0.25) is 4.79 Å². The van der Waals surface area contributed by atoms with Crippen LogP contribution in [0.25, 0.3) is 11.6 Å². The number of nitrogens with one attached hydrogen (secondary N) is 1. The Kier molecular flexibility index (Phi) is 2.92. The van der Waals surface area contributed by atoms with E-state index in [1.807, 2.05) is 30.3 Å². The molecular weight excluding hydrogens is 234 g/mol. The minimum absolute atomic E-state index is 0.0271. The first kappa shape index (κ1) is 11.7. The fourth-order valence-corrected chi connectivity index (χ4v) is 2.30. The van der Waals surface area contributed by atoms with E-state index in [4.69, 9.17) is 0 Å². The van der Waals surface area contributed by atoms with Gasteiger partial charge in [-0.15, -0.1) is 0 Å². The highest BCUT2D eigenvalue weighted by Crippen LogP contribution is 2.32. The predicted octanol–water partition coefficient (Wildman–Crippen LogP) is 3.74. The highest BCUT2D eigenvalue weighted by molar-refractivity contribution is 6.34. The summed E-state index contributed by atoms with van der Waals surface area (Å²) in [5, 5.41) is 2.88. The van der Waals surface area contributed by atoms with Crippen LogP contribution in [-0.2, 0) is 11.2 Å². The Morgan fingerprint density at radius 3 is 2.53 bits per heavy atom. The van der Waals surface area contributed by atoms with Gasteiger partial charge in [0.05, 0.1) is 0 Å². The summed E-state index contributed by atoms with van der Waals surface area (Å²) in [6.07, 6.45) is 2.97. The first-order chi connectivity index (χ1) is 9.28. The van der Waals surface area contributed by atoms with E-state index in [0.717, 1.165) is 28.8 Å². The van der Waals surface area contributed by atoms with Crippen molar-refractivity contribution in [2.45, 2.75) is 13.3 Å². The van der Waals surface area contributed by atoms with Crippen LogP contribution in [0.15, 0.2) is 48.5 Å². The lowest BCUT2D eigenvalue weighted by Crippen LogP contribution is -2.03. The van der Waals surface area contributed by atoms with Gasteiger partial charge in [0.15, 0.2) is 0 Å². The second kappa shape index (κ2) is 4.73. The van der Waals surface area contributed by atoms with E-state index in [1.165, 1.54) is 5.56 Å². The first-order valence-corrected chi connectivity index (χ1v) is 6.49. The zero-order chi connectivity index (χ0) is 13.2. The smallest absolute Gasteiger partial charge is 0.256 e. The average molecular weight is 249 g/mol. The fraction of sp³-hybridized carbons (Fsp3) is 0.118. The minimum Gasteiger partial charge on any atom is -0.321 e.